The molecule has 0 radical (unpaired) electrons. The molecule has 0 bridgehead atoms. The summed E-state index contributed by atoms with van der Waals surface area (Å²) in [7, 11) is 0. The van der Waals surface area contributed by atoms with Crippen LogP contribution in [0.15, 0.2) is 66.3 Å². The Kier molecular flexibility index (Phi) is 4.16. The summed E-state index contributed by atoms with van der Waals surface area (Å²) in [6, 6.07) is 18.3. The Labute approximate surface area is 144 Å². The monoisotopic (exact) mass is 332 g/mol. The number of benzene rings is 2. The van der Waals surface area contributed by atoms with Gasteiger partial charge in [0.15, 0.2) is 0 Å². The first kappa shape index (κ1) is 14.8. The molecule has 0 aliphatic carbocycles. The van der Waals surface area contributed by atoms with Crippen molar-refractivity contribution >= 4 is 28.1 Å². The Balaban J connectivity index is 1.43. The molecular formula is C19H16N4S. The Morgan fingerprint density at radius 1 is 0.917 bits per heavy atom. The third-order valence-electron chi connectivity index (χ3n) is 3.80. The second-order valence-corrected chi connectivity index (χ2v) is 6.35. The van der Waals surface area contributed by atoms with Crippen molar-refractivity contribution in [1.29, 1.82) is 0 Å². The molecular weight excluding hydrogens is 316 g/mol. The molecule has 4 aromatic rings. The Hall–Kier alpha value is -2.79. The van der Waals surface area contributed by atoms with Gasteiger partial charge in [-0.05, 0) is 12.1 Å². The van der Waals surface area contributed by atoms with E-state index in [-0.39, 0.29) is 0 Å². The molecule has 2 heterocycles. The molecule has 118 valence electrons. The van der Waals surface area contributed by atoms with E-state index in [0.29, 0.717) is 0 Å². The van der Waals surface area contributed by atoms with Crippen LogP contribution in [0.25, 0.3) is 22.2 Å². The van der Waals surface area contributed by atoms with Crippen LogP contribution in [0.5, 0.6) is 0 Å². The molecule has 2 aromatic carbocycles. The molecule has 0 atom stereocenters. The second kappa shape index (κ2) is 6.76. The molecule has 0 fully saturated rings. The van der Waals surface area contributed by atoms with E-state index in [1.165, 1.54) is 0 Å². The van der Waals surface area contributed by atoms with Crippen molar-refractivity contribution in [3.05, 3.63) is 71.3 Å². The van der Waals surface area contributed by atoms with Gasteiger partial charge in [0, 0.05) is 29.3 Å². The van der Waals surface area contributed by atoms with Crippen molar-refractivity contribution in [2.24, 2.45) is 0 Å². The average Bonchev–Trinajstić information content (AvgIpc) is 3.12. The van der Waals surface area contributed by atoms with E-state index in [1.807, 2.05) is 42.5 Å². The first-order chi connectivity index (χ1) is 11.9. The van der Waals surface area contributed by atoms with Gasteiger partial charge in [-0.25, -0.2) is 15.0 Å². The van der Waals surface area contributed by atoms with Gasteiger partial charge in [0.1, 0.15) is 12.1 Å². The summed E-state index contributed by atoms with van der Waals surface area (Å²) in [5.74, 6) is 0.875. The molecule has 2 aromatic heterocycles. The fourth-order valence-electron chi connectivity index (χ4n) is 2.60. The summed E-state index contributed by atoms with van der Waals surface area (Å²) in [5, 5.41) is 7.69. The van der Waals surface area contributed by atoms with E-state index >= 15 is 0 Å². The molecule has 4 rings (SSSR count). The fourth-order valence-corrected chi connectivity index (χ4v) is 3.41. The Morgan fingerprint density at radius 2 is 1.75 bits per heavy atom. The first-order valence-corrected chi connectivity index (χ1v) is 8.71. The summed E-state index contributed by atoms with van der Waals surface area (Å²) < 4.78 is 0. The number of hydrogen-bond donors (Lipinski definition) is 1. The lowest BCUT2D eigenvalue weighted by atomic mass is 10.2. The van der Waals surface area contributed by atoms with E-state index in [0.717, 1.165) is 46.0 Å². The van der Waals surface area contributed by atoms with Gasteiger partial charge in [0.25, 0.3) is 0 Å². The molecule has 4 nitrogen and oxygen atoms in total. The highest BCUT2D eigenvalue weighted by Gasteiger charge is 2.05. The number of anilines is 1. The third kappa shape index (κ3) is 3.12. The van der Waals surface area contributed by atoms with Gasteiger partial charge in [0.05, 0.1) is 16.2 Å². The van der Waals surface area contributed by atoms with Gasteiger partial charge in [0.2, 0.25) is 0 Å². The van der Waals surface area contributed by atoms with Gasteiger partial charge >= 0.3 is 0 Å². The predicted molar refractivity (Wildman–Crippen MR) is 99.3 cm³/mol. The SMILES string of the molecule is c1ccc(-c2csc(CCNc3ncnc4ccccc34)n2)cc1. The number of nitrogens with zero attached hydrogens (tertiary/aromatic N) is 3. The zero-order valence-corrected chi connectivity index (χ0v) is 13.8. The van der Waals surface area contributed by atoms with Crippen LogP contribution in [0.3, 0.4) is 0 Å². The van der Waals surface area contributed by atoms with Gasteiger partial charge < -0.3 is 5.32 Å². The van der Waals surface area contributed by atoms with Crippen molar-refractivity contribution in [2.75, 3.05) is 11.9 Å². The predicted octanol–water partition coefficient (Wildman–Crippen LogP) is 4.41. The van der Waals surface area contributed by atoms with E-state index in [2.05, 4.69) is 32.8 Å². The molecule has 0 saturated heterocycles. The summed E-state index contributed by atoms with van der Waals surface area (Å²) in [6.45, 7) is 0.794. The number of thiazole rings is 1. The molecule has 0 saturated carbocycles. The standard InChI is InChI=1S/C19H16N4S/c1-2-6-14(7-3-1)17-12-24-18(23-17)10-11-20-19-15-8-4-5-9-16(15)21-13-22-19/h1-9,12-13H,10-11H2,(H,20,21,22). The summed E-state index contributed by atoms with van der Waals surface area (Å²) >= 11 is 1.70. The molecule has 5 heteroatoms. The molecule has 1 N–H and O–H groups in total. The molecule has 0 aliphatic heterocycles. The number of fused-ring (bicyclic) bond motifs is 1. The number of para-hydroxylation sites is 1. The normalized spacial score (nSPS) is 10.8. The highest BCUT2D eigenvalue weighted by molar-refractivity contribution is 7.09. The lowest BCUT2D eigenvalue weighted by Crippen LogP contribution is -2.07. The van der Waals surface area contributed by atoms with E-state index in [9.17, 15) is 0 Å². The van der Waals surface area contributed by atoms with Crippen LogP contribution in [0, 0.1) is 0 Å². The van der Waals surface area contributed by atoms with Crippen LogP contribution in [-0.4, -0.2) is 21.5 Å². The Bertz CT molecular complexity index is 944. The quantitative estimate of drug-likeness (QED) is 0.588. The second-order valence-electron chi connectivity index (χ2n) is 5.41. The molecule has 0 spiro atoms. The van der Waals surface area contributed by atoms with Gasteiger partial charge in [-0.3, -0.25) is 0 Å². The van der Waals surface area contributed by atoms with Crippen molar-refractivity contribution in [3.63, 3.8) is 0 Å². The highest BCUT2D eigenvalue weighted by Crippen LogP contribution is 2.22. The fraction of sp³-hybridized carbons (Fsp3) is 0.105. The smallest absolute Gasteiger partial charge is 0.137 e. The third-order valence-corrected chi connectivity index (χ3v) is 4.70. The van der Waals surface area contributed by atoms with Crippen LogP contribution < -0.4 is 5.32 Å². The van der Waals surface area contributed by atoms with Crippen LogP contribution in [0.1, 0.15) is 5.01 Å². The molecule has 0 aliphatic rings. The first-order valence-electron chi connectivity index (χ1n) is 7.83. The summed E-state index contributed by atoms with van der Waals surface area (Å²) in [4.78, 5) is 13.4. The van der Waals surface area contributed by atoms with Crippen LogP contribution >= 0.6 is 11.3 Å². The van der Waals surface area contributed by atoms with Crippen LogP contribution in [0.4, 0.5) is 5.82 Å². The molecule has 24 heavy (non-hydrogen) atoms. The maximum absolute atomic E-state index is 4.72. The summed E-state index contributed by atoms with van der Waals surface area (Å²) in [6.07, 6.45) is 2.47. The minimum absolute atomic E-state index is 0.794. The summed E-state index contributed by atoms with van der Waals surface area (Å²) in [5.41, 5.74) is 3.16. The molecule has 0 amide bonds. The highest BCUT2D eigenvalue weighted by atomic mass is 32.1. The minimum atomic E-state index is 0.794. The van der Waals surface area contributed by atoms with E-state index in [1.54, 1.807) is 17.7 Å². The zero-order chi connectivity index (χ0) is 16.2. The van der Waals surface area contributed by atoms with Crippen molar-refractivity contribution < 1.29 is 0 Å². The van der Waals surface area contributed by atoms with Crippen molar-refractivity contribution in [3.8, 4) is 11.3 Å². The topological polar surface area (TPSA) is 50.7 Å². The largest absolute Gasteiger partial charge is 0.369 e. The zero-order valence-electron chi connectivity index (χ0n) is 13.0. The average molecular weight is 332 g/mol. The van der Waals surface area contributed by atoms with Gasteiger partial charge in [-0.15, -0.1) is 11.3 Å². The van der Waals surface area contributed by atoms with Gasteiger partial charge in [-0.1, -0.05) is 42.5 Å². The van der Waals surface area contributed by atoms with Crippen molar-refractivity contribution in [2.45, 2.75) is 6.42 Å². The number of aromatic nitrogens is 3. The maximum Gasteiger partial charge on any atom is 0.137 e. The van der Waals surface area contributed by atoms with E-state index in [4.69, 9.17) is 4.98 Å². The van der Waals surface area contributed by atoms with Crippen LogP contribution in [-0.2, 0) is 6.42 Å². The minimum Gasteiger partial charge on any atom is -0.369 e. The molecule has 0 unspecified atom stereocenters. The van der Waals surface area contributed by atoms with Gasteiger partial charge in [-0.2, -0.15) is 0 Å². The lowest BCUT2D eigenvalue weighted by Gasteiger charge is -2.07. The Morgan fingerprint density at radius 3 is 2.67 bits per heavy atom. The van der Waals surface area contributed by atoms with Crippen molar-refractivity contribution in [1.82, 2.24) is 15.0 Å². The number of nitrogens with one attached hydrogen (secondary N) is 1. The lowest BCUT2D eigenvalue weighted by molar-refractivity contribution is 0.989. The van der Waals surface area contributed by atoms with E-state index < -0.39 is 0 Å². The maximum atomic E-state index is 4.72. The number of hydrogen-bond acceptors (Lipinski definition) is 5. The van der Waals surface area contributed by atoms with Crippen LogP contribution in [0.2, 0.25) is 0 Å². The number of rotatable bonds is 5.